The summed E-state index contributed by atoms with van der Waals surface area (Å²) in [4.78, 5) is 0. The van der Waals surface area contributed by atoms with E-state index < -0.39 is 0 Å². The van der Waals surface area contributed by atoms with Crippen LogP contribution < -0.4 is 0 Å². The molecule has 0 radical (unpaired) electrons. The summed E-state index contributed by atoms with van der Waals surface area (Å²) in [5.41, 5.74) is 2.80. The van der Waals surface area contributed by atoms with Gasteiger partial charge in [0.25, 0.3) is 0 Å². The highest BCUT2D eigenvalue weighted by molar-refractivity contribution is 5.83. The average molecular weight is 156 g/mol. The molecule has 58 valence electrons. The van der Waals surface area contributed by atoms with Crippen molar-refractivity contribution in [2.45, 2.75) is 6.92 Å². The van der Waals surface area contributed by atoms with Gasteiger partial charge >= 0.3 is 0 Å². The van der Waals surface area contributed by atoms with Crippen LogP contribution in [0, 0.1) is 19.3 Å². The van der Waals surface area contributed by atoms with Crippen molar-refractivity contribution < 1.29 is 4.42 Å². The Morgan fingerprint density at radius 2 is 2.25 bits per heavy atom. The lowest BCUT2D eigenvalue weighted by molar-refractivity contribution is 0.615. The molecule has 2 aromatic rings. The van der Waals surface area contributed by atoms with Crippen molar-refractivity contribution in [3.63, 3.8) is 0 Å². The number of fused-ring (bicyclic) bond motifs is 1. The summed E-state index contributed by atoms with van der Waals surface area (Å²) in [5.74, 6) is 2.60. The molecule has 0 saturated heterocycles. The summed E-state index contributed by atoms with van der Waals surface area (Å²) in [6.45, 7) is 2.02. The number of hydrogen-bond donors (Lipinski definition) is 0. The van der Waals surface area contributed by atoms with Crippen LogP contribution in [0.1, 0.15) is 11.1 Å². The van der Waals surface area contributed by atoms with Crippen LogP contribution in [-0.4, -0.2) is 0 Å². The van der Waals surface area contributed by atoms with Gasteiger partial charge in [0, 0.05) is 5.39 Å². The van der Waals surface area contributed by atoms with E-state index in [1.54, 1.807) is 6.26 Å². The molecule has 0 fully saturated rings. The van der Waals surface area contributed by atoms with Crippen LogP contribution in [0.25, 0.3) is 11.0 Å². The summed E-state index contributed by atoms with van der Waals surface area (Å²) < 4.78 is 5.25. The van der Waals surface area contributed by atoms with E-state index in [1.165, 1.54) is 0 Å². The number of aryl methyl sites for hydroxylation is 1. The lowest BCUT2D eigenvalue weighted by Gasteiger charge is -1.95. The highest BCUT2D eigenvalue weighted by atomic mass is 16.3. The van der Waals surface area contributed by atoms with Gasteiger partial charge in [-0.2, -0.15) is 0 Å². The summed E-state index contributed by atoms with van der Waals surface area (Å²) >= 11 is 0. The quantitative estimate of drug-likeness (QED) is 0.534. The number of furan rings is 1. The average Bonchev–Trinajstić information content (AvgIpc) is 2.50. The van der Waals surface area contributed by atoms with E-state index in [0.717, 1.165) is 22.1 Å². The second-order valence-corrected chi connectivity index (χ2v) is 2.80. The fourth-order valence-electron chi connectivity index (χ4n) is 1.34. The third kappa shape index (κ3) is 0.895. The first-order valence-electron chi connectivity index (χ1n) is 3.76. The molecule has 1 aromatic carbocycles. The van der Waals surface area contributed by atoms with E-state index in [2.05, 4.69) is 12.0 Å². The molecule has 12 heavy (non-hydrogen) atoms. The monoisotopic (exact) mass is 156 g/mol. The van der Waals surface area contributed by atoms with Crippen LogP contribution in [0.4, 0.5) is 0 Å². The highest BCUT2D eigenvalue weighted by Gasteiger charge is 2.02. The number of benzene rings is 1. The lowest BCUT2D eigenvalue weighted by Crippen LogP contribution is -1.78. The fraction of sp³-hybridized carbons (Fsp3) is 0.0909. The Kier molecular flexibility index (Phi) is 1.41. The predicted octanol–water partition coefficient (Wildman–Crippen LogP) is 2.72. The largest absolute Gasteiger partial charge is 0.463 e. The molecule has 0 aliphatic heterocycles. The van der Waals surface area contributed by atoms with Crippen molar-refractivity contribution in [3.8, 4) is 12.3 Å². The number of rotatable bonds is 0. The predicted molar refractivity (Wildman–Crippen MR) is 48.9 cm³/mol. The van der Waals surface area contributed by atoms with E-state index in [1.807, 2.05) is 19.1 Å². The highest BCUT2D eigenvalue weighted by Crippen LogP contribution is 2.20. The first-order chi connectivity index (χ1) is 5.81. The molecule has 2 rings (SSSR count). The van der Waals surface area contributed by atoms with Crippen molar-refractivity contribution in [2.75, 3.05) is 0 Å². The van der Waals surface area contributed by atoms with Crippen LogP contribution >= 0.6 is 0 Å². The maximum Gasteiger partial charge on any atom is 0.149 e. The van der Waals surface area contributed by atoms with Crippen molar-refractivity contribution in [1.82, 2.24) is 0 Å². The summed E-state index contributed by atoms with van der Waals surface area (Å²) in [6.07, 6.45) is 6.99. The second kappa shape index (κ2) is 2.42. The molecule has 1 heteroatoms. The molecule has 0 bridgehead atoms. The minimum absolute atomic E-state index is 0.808. The van der Waals surface area contributed by atoms with Gasteiger partial charge in [-0.05, 0) is 30.7 Å². The maximum absolute atomic E-state index is 5.33. The van der Waals surface area contributed by atoms with E-state index >= 15 is 0 Å². The normalized spacial score (nSPS) is 10.0. The third-order valence-electron chi connectivity index (χ3n) is 1.85. The fourth-order valence-corrected chi connectivity index (χ4v) is 1.34. The van der Waals surface area contributed by atoms with E-state index in [0.29, 0.717) is 0 Å². The summed E-state index contributed by atoms with van der Waals surface area (Å²) in [6, 6.07) is 5.93. The second-order valence-electron chi connectivity index (χ2n) is 2.80. The molecule has 0 spiro atoms. The molecule has 0 atom stereocenters. The molecule has 1 aromatic heterocycles. The first-order valence-corrected chi connectivity index (χ1v) is 3.76. The van der Waals surface area contributed by atoms with Gasteiger partial charge in [0.05, 0.1) is 11.8 Å². The van der Waals surface area contributed by atoms with Gasteiger partial charge in [-0.3, -0.25) is 0 Å². The van der Waals surface area contributed by atoms with Crippen LogP contribution in [0.2, 0.25) is 0 Å². The molecule has 0 amide bonds. The van der Waals surface area contributed by atoms with Gasteiger partial charge in [-0.1, -0.05) is 5.92 Å². The Bertz CT molecular complexity index is 457. The van der Waals surface area contributed by atoms with Crippen molar-refractivity contribution in [3.05, 3.63) is 35.6 Å². The molecular formula is C11H8O. The standard InChI is InChI=1S/C11H8O/c1-3-9-6-8(2)7-10-4-5-12-11(9)10/h1,4-7H,2H3. The Morgan fingerprint density at radius 1 is 1.42 bits per heavy atom. The molecule has 0 aliphatic carbocycles. The van der Waals surface area contributed by atoms with Gasteiger partial charge in [-0.25, -0.2) is 0 Å². The molecular weight excluding hydrogens is 148 g/mol. The van der Waals surface area contributed by atoms with E-state index in [4.69, 9.17) is 10.8 Å². The first kappa shape index (κ1) is 7.00. The van der Waals surface area contributed by atoms with Crippen LogP contribution in [0.5, 0.6) is 0 Å². The number of hydrogen-bond acceptors (Lipinski definition) is 1. The topological polar surface area (TPSA) is 13.1 Å². The Labute approximate surface area is 71.0 Å². The summed E-state index contributed by atoms with van der Waals surface area (Å²) in [7, 11) is 0. The lowest BCUT2D eigenvalue weighted by atomic mass is 10.1. The summed E-state index contributed by atoms with van der Waals surface area (Å²) in [5, 5.41) is 1.07. The Hall–Kier alpha value is -1.68. The van der Waals surface area contributed by atoms with Gasteiger partial charge in [-0.15, -0.1) is 6.42 Å². The minimum atomic E-state index is 0.808. The zero-order chi connectivity index (χ0) is 8.55. The smallest absolute Gasteiger partial charge is 0.149 e. The minimum Gasteiger partial charge on any atom is -0.463 e. The van der Waals surface area contributed by atoms with Gasteiger partial charge in [0.15, 0.2) is 0 Å². The van der Waals surface area contributed by atoms with Gasteiger partial charge < -0.3 is 4.42 Å². The van der Waals surface area contributed by atoms with E-state index in [-0.39, 0.29) is 0 Å². The molecule has 0 N–H and O–H groups in total. The van der Waals surface area contributed by atoms with Crippen molar-refractivity contribution in [2.24, 2.45) is 0 Å². The molecule has 0 saturated carbocycles. The Morgan fingerprint density at radius 3 is 3.00 bits per heavy atom. The van der Waals surface area contributed by atoms with Gasteiger partial charge in [0.2, 0.25) is 0 Å². The van der Waals surface area contributed by atoms with Crippen molar-refractivity contribution >= 4 is 11.0 Å². The Balaban J connectivity index is 2.91. The van der Waals surface area contributed by atoms with E-state index in [9.17, 15) is 0 Å². The van der Waals surface area contributed by atoms with Crippen LogP contribution in [0.15, 0.2) is 28.9 Å². The zero-order valence-electron chi connectivity index (χ0n) is 6.79. The number of terminal acetylenes is 1. The van der Waals surface area contributed by atoms with Crippen LogP contribution in [-0.2, 0) is 0 Å². The third-order valence-corrected chi connectivity index (χ3v) is 1.85. The zero-order valence-corrected chi connectivity index (χ0v) is 6.79. The molecule has 1 heterocycles. The SMILES string of the molecule is C#Cc1cc(C)cc2ccoc12. The molecule has 0 aliphatic rings. The molecule has 0 unspecified atom stereocenters. The maximum atomic E-state index is 5.33. The molecule has 1 nitrogen and oxygen atoms in total. The van der Waals surface area contributed by atoms with Gasteiger partial charge in [0.1, 0.15) is 5.58 Å². The van der Waals surface area contributed by atoms with Crippen LogP contribution in [0.3, 0.4) is 0 Å². The van der Waals surface area contributed by atoms with Crippen molar-refractivity contribution in [1.29, 1.82) is 0 Å².